The molecule has 0 bridgehead atoms. The van der Waals surface area contributed by atoms with Gasteiger partial charge in [0, 0.05) is 12.1 Å². The average Bonchev–Trinajstić information content (AvgIpc) is 2.56. The molecule has 2 aliphatic carbocycles. The predicted octanol–water partition coefficient (Wildman–Crippen LogP) is 3.55. The summed E-state index contributed by atoms with van der Waals surface area (Å²) in [6.07, 6.45) is 9.22. The largest absolute Gasteiger partial charge is 0.311 e. The van der Waals surface area contributed by atoms with E-state index in [1.54, 1.807) is 0 Å². The summed E-state index contributed by atoms with van der Waals surface area (Å²) in [6, 6.07) is 1.53. The van der Waals surface area contributed by atoms with E-state index in [0.717, 1.165) is 12.1 Å². The van der Waals surface area contributed by atoms with Gasteiger partial charge < -0.3 is 5.32 Å². The Hall–Kier alpha value is -0.0400. The summed E-state index contributed by atoms with van der Waals surface area (Å²) in [5, 5.41) is 3.86. The standard InChI is InChI=1S/C14H26N/c1-13(2)7-5-11(9-13)15-12-6-8-14(3,4)10-12/h7,11-12,15H,5-6,8-10H2,1-4H3. The van der Waals surface area contributed by atoms with Gasteiger partial charge in [-0.2, -0.15) is 0 Å². The van der Waals surface area contributed by atoms with Gasteiger partial charge >= 0.3 is 0 Å². The van der Waals surface area contributed by atoms with Gasteiger partial charge in [0.1, 0.15) is 0 Å². The third kappa shape index (κ3) is 2.96. The van der Waals surface area contributed by atoms with Crippen molar-refractivity contribution in [3.63, 3.8) is 0 Å². The maximum atomic E-state index is 3.86. The van der Waals surface area contributed by atoms with Crippen LogP contribution in [0.1, 0.15) is 59.8 Å². The molecule has 2 atom stereocenters. The van der Waals surface area contributed by atoms with E-state index in [9.17, 15) is 0 Å². The lowest BCUT2D eigenvalue weighted by Gasteiger charge is -2.22. The molecule has 1 heteroatoms. The molecule has 2 aliphatic rings. The van der Waals surface area contributed by atoms with E-state index in [4.69, 9.17) is 0 Å². The molecule has 1 N–H and O–H groups in total. The van der Waals surface area contributed by atoms with Gasteiger partial charge in [0.2, 0.25) is 0 Å². The minimum atomic E-state index is 0.464. The molecule has 2 unspecified atom stereocenters. The molecule has 0 aromatic heterocycles. The van der Waals surface area contributed by atoms with Crippen LogP contribution < -0.4 is 5.32 Å². The van der Waals surface area contributed by atoms with Crippen LogP contribution in [-0.2, 0) is 0 Å². The van der Waals surface area contributed by atoms with Crippen LogP contribution in [0.4, 0.5) is 0 Å². The van der Waals surface area contributed by atoms with Gasteiger partial charge in [0.25, 0.3) is 0 Å². The van der Waals surface area contributed by atoms with Crippen LogP contribution in [0.25, 0.3) is 0 Å². The Morgan fingerprint density at radius 1 is 1.07 bits per heavy atom. The van der Waals surface area contributed by atoms with Crippen molar-refractivity contribution in [2.45, 2.75) is 71.9 Å². The second kappa shape index (κ2) is 3.76. The summed E-state index contributed by atoms with van der Waals surface area (Å²) in [6.45, 7) is 9.51. The molecule has 0 saturated heterocycles. The van der Waals surface area contributed by atoms with Crippen LogP contribution in [-0.4, -0.2) is 12.1 Å². The second-order valence-corrected chi connectivity index (χ2v) is 7.10. The number of nitrogens with one attached hydrogen (secondary N) is 1. The van der Waals surface area contributed by atoms with E-state index < -0.39 is 0 Å². The van der Waals surface area contributed by atoms with Gasteiger partial charge in [-0.25, -0.2) is 0 Å². The summed E-state index contributed by atoms with van der Waals surface area (Å²) < 4.78 is 0. The van der Waals surface area contributed by atoms with Crippen molar-refractivity contribution in [1.29, 1.82) is 0 Å². The van der Waals surface area contributed by atoms with Gasteiger partial charge in [0.15, 0.2) is 0 Å². The topological polar surface area (TPSA) is 12.0 Å². The first-order valence-electron chi connectivity index (χ1n) is 6.47. The molecular weight excluding hydrogens is 182 g/mol. The van der Waals surface area contributed by atoms with E-state index in [0.29, 0.717) is 10.8 Å². The summed E-state index contributed by atoms with van der Waals surface area (Å²) >= 11 is 0. The van der Waals surface area contributed by atoms with E-state index in [2.05, 4.69) is 39.4 Å². The first-order valence-corrected chi connectivity index (χ1v) is 6.47. The third-order valence-electron chi connectivity index (χ3n) is 4.17. The highest BCUT2D eigenvalue weighted by molar-refractivity contribution is 5.00. The van der Waals surface area contributed by atoms with E-state index in [1.807, 2.05) is 0 Å². The molecular formula is C14H26N. The highest BCUT2D eigenvalue weighted by atomic mass is 15.0. The molecule has 15 heavy (non-hydrogen) atoms. The Bertz CT molecular complexity index is 205. The molecule has 1 nitrogen and oxygen atoms in total. The van der Waals surface area contributed by atoms with Crippen LogP contribution in [0, 0.1) is 17.3 Å². The Morgan fingerprint density at radius 3 is 2.27 bits per heavy atom. The van der Waals surface area contributed by atoms with Crippen molar-refractivity contribution in [2.75, 3.05) is 0 Å². The molecule has 0 spiro atoms. The number of hydrogen-bond donors (Lipinski definition) is 1. The third-order valence-corrected chi connectivity index (χ3v) is 4.17. The first kappa shape index (κ1) is 11.4. The Balaban J connectivity index is 1.80. The van der Waals surface area contributed by atoms with Crippen molar-refractivity contribution < 1.29 is 0 Å². The molecule has 0 aromatic rings. The average molecular weight is 208 g/mol. The van der Waals surface area contributed by atoms with Gasteiger partial charge in [-0.15, -0.1) is 0 Å². The van der Waals surface area contributed by atoms with E-state index in [1.165, 1.54) is 32.1 Å². The van der Waals surface area contributed by atoms with E-state index in [-0.39, 0.29) is 0 Å². The predicted molar refractivity (Wildman–Crippen MR) is 65.7 cm³/mol. The summed E-state index contributed by atoms with van der Waals surface area (Å²) in [5.74, 6) is 0. The zero-order valence-corrected chi connectivity index (χ0v) is 10.8. The molecule has 0 heterocycles. The van der Waals surface area contributed by atoms with Crippen molar-refractivity contribution in [3.8, 4) is 0 Å². The smallest absolute Gasteiger partial charge is 0.00777 e. The van der Waals surface area contributed by atoms with Crippen molar-refractivity contribution in [3.05, 3.63) is 6.42 Å². The number of hydrogen-bond acceptors (Lipinski definition) is 1. The maximum absolute atomic E-state index is 3.86. The van der Waals surface area contributed by atoms with Gasteiger partial charge in [-0.1, -0.05) is 27.7 Å². The highest BCUT2D eigenvalue weighted by Crippen LogP contribution is 2.40. The van der Waals surface area contributed by atoms with Crippen LogP contribution in [0.3, 0.4) is 0 Å². The van der Waals surface area contributed by atoms with Gasteiger partial charge in [-0.05, 0) is 49.4 Å². The minimum absolute atomic E-state index is 0.464. The molecule has 2 saturated carbocycles. The Labute approximate surface area is 95.0 Å². The fourth-order valence-corrected chi connectivity index (χ4v) is 3.30. The monoisotopic (exact) mass is 208 g/mol. The zero-order chi connectivity index (χ0) is 11.1. The van der Waals surface area contributed by atoms with Crippen molar-refractivity contribution in [2.24, 2.45) is 10.8 Å². The Morgan fingerprint density at radius 2 is 1.80 bits per heavy atom. The molecule has 2 fully saturated rings. The van der Waals surface area contributed by atoms with Crippen LogP contribution in [0.2, 0.25) is 0 Å². The zero-order valence-electron chi connectivity index (χ0n) is 10.8. The van der Waals surface area contributed by atoms with E-state index >= 15 is 0 Å². The fourth-order valence-electron chi connectivity index (χ4n) is 3.30. The van der Waals surface area contributed by atoms with Crippen molar-refractivity contribution in [1.82, 2.24) is 5.32 Å². The van der Waals surface area contributed by atoms with Gasteiger partial charge in [0.05, 0.1) is 0 Å². The highest BCUT2D eigenvalue weighted by Gasteiger charge is 2.36. The molecule has 87 valence electrons. The molecule has 2 rings (SSSR count). The molecule has 0 amide bonds. The molecule has 0 aromatic carbocycles. The second-order valence-electron chi connectivity index (χ2n) is 7.10. The van der Waals surface area contributed by atoms with Gasteiger partial charge in [-0.3, -0.25) is 0 Å². The summed E-state index contributed by atoms with van der Waals surface area (Å²) in [4.78, 5) is 0. The fraction of sp³-hybridized carbons (Fsp3) is 0.929. The van der Waals surface area contributed by atoms with Crippen molar-refractivity contribution >= 4 is 0 Å². The van der Waals surface area contributed by atoms with Crippen LogP contribution in [0.5, 0.6) is 0 Å². The lowest BCUT2D eigenvalue weighted by Crippen LogP contribution is -2.36. The SMILES string of the molecule is CC1(C)[CH]CC(NC2CCC(C)(C)C2)C1. The normalized spacial score (nSPS) is 38.4. The number of rotatable bonds is 2. The lowest BCUT2D eigenvalue weighted by molar-refractivity contribution is 0.339. The summed E-state index contributed by atoms with van der Waals surface area (Å²) in [5.41, 5.74) is 1.04. The maximum Gasteiger partial charge on any atom is 0.00777 e. The van der Waals surface area contributed by atoms with Crippen LogP contribution >= 0.6 is 0 Å². The first-order chi connectivity index (χ1) is 6.86. The lowest BCUT2D eigenvalue weighted by atomic mass is 9.91. The quantitative estimate of drug-likeness (QED) is 0.732. The van der Waals surface area contributed by atoms with Crippen LogP contribution in [0.15, 0.2) is 0 Å². The molecule has 0 aliphatic heterocycles. The molecule has 1 radical (unpaired) electrons. The summed E-state index contributed by atoms with van der Waals surface area (Å²) in [7, 11) is 0. The Kier molecular flexibility index (Phi) is 2.87. The minimum Gasteiger partial charge on any atom is -0.311 e.